The predicted molar refractivity (Wildman–Crippen MR) is 132 cm³/mol. The summed E-state index contributed by atoms with van der Waals surface area (Å²) in [5.74, 6) is 0.324. The van der Waals surface area contributed by atoms with Crippen LogP contribution in [0.5, 0.6) is 11.6 Å². The second-order valence-corrected chi connectivity index (χ2v) is 8.73. The number of fused-ring (bicyclic) bond motifs is 1. The van der Waals surface area contributed by atoms with Gasteiger partial charge in [-0.25, -0.2) is 15.0 Å². The molecule has 5 rings (SSSR count). The molecule has 0 unspecified atom stereocenters. The van der Waals surface area contributed by atoms with Crippen LogP contribution in [0.15, 0.2) is 76.7 Å². The summed E-state index contributed by atoms with van der Waals surface area (Å²) in [6.45, 7) is 1.85. The summed E-state index contributed by atoms with van der Waals surface area (Å²) in [5.41, 5.74) is 1.59. The van der Waals surface area contributed by atoms with Gasteiger partial charge in [-0.1, -0.05) is 29.5 Å². The number of pyridine rings is 1. The number of hydrogen-bond acceptors (Lipinski definition) is 8. The minimum Gasteiger partial charge on any atom is -0.451 e. The SMILES string of the molecule is Cc1ccc(N=Cc2cccc(C(F)(F)F)c2)cc1Oc1ccc2nc(NC(=O)c3cocn3)sc2n1. The fraction of sp³-hybridized carbons (Fsp3) is 0.0800. The summed E-state index contributed by atoms with van der Waals surface area (Å²) in [6, 6.07) is 13.5. The van der Waals surface area contributed by atoms with E-state index in [1.54, 1.807) is 36.4 Å². The minimum atomic E-state index is -4.43. The third kappa shape index (κ3) is 5.64. The van der Waals surface area contributed by atoms with Crippen molar-refractivity contribution in [2.24, 2.45) is 4.99 Å². The molecule has 8 nitrogen and oxygen atoms in total. The second-order valence-electron chi connectivity index (χ2n) is 7.75. The lowest BCUT2D eigenvalue weighted by atomic mass is 10.1. The van der Waals surface area contributed by atoms with Crippen LogP contribution in [0.1, 0.15) is 27.2 Å². The molecule has 0 saturated carbocycles. The number of amides is 1. The molecule has 186 valence electrons. The molecule has 0 spiro atoms. The van der Waals surface area contributed by atoms with Crippen LogP contribution >= 0.6 is 11.3 Å². The largest absolute Gasteiger partial charge is 0.451 e. The number of carbonyl (C=O) groups is 1. The van der Waals surface area contributed by atoms with E-state index in [0.717, 1.165) is 24.1 Å². The molecule has 1 amide bonds. The molecule has 12 heteroatoms. The van der Waals surface area contributed by atoms with Crippen molar-refractivity contribution in [2.45, 2.75) is 13.1 Å². The number of benzene rings is 2. The molecule has 0 atom stereocenters. The van der Waals surface area contributed by atoms with Gasteiger partial charge in [0.15, 0.2) is 17.2 Å². The van der Waals surface area contributed by atoms with E-state index < -0.39 is 17.6 Å². The third-order valence-electron chi connectivity index (χ3n) is 5.08. The number of alkyl halides is 3. The zero-order valence-electron chi connectivity index (χ0n) is 19.0. The Hall–Kier alpha value is -4.58. The number of aromatic nitrogens is 3. The first-order valence-electron chi connectivity index (χ1n) is 10.7. The summed E-state index contributed by atoms with van der Waals surface area (Å²) in [7, 11) is 0. The highest BCUT2D eigenvalue weighted by atomic mass is 32.1. The molecule has 3 aromatic heterocycles. The Kier molecular flexibility index (Phi) is 6.40. The van der Waals surface area contributed by atoms with Crippen LogP contribution in [-0.2, 0) is 6.18 Å². The van der Waals surface area contributed by atoms with Crippen molar-refractivity contribution >= 4 is 44.6 Å². The van der Waals surface area contributed by atoms with E-state index in [4.69, 9.17) is 9.15 Å². The Bertz CT molecular complexity index is 1610. The lowest BCUT2D eigenvalue weighted by Crippen LogP contribution is -2.11. The molecular formula is C25H16F3N5O3S. The van der Waals surface area contributed by atoms with Crippen molar-refractivity contribution in [1.82, 2.24) is 15.0 Å². The molecule has 3 heterocycles. The summed E-state index contributed by atoms with van der Waals surface area (Å²) < 4.78 is 49.6. The highest BCUT2D eigenvalue weighted by Gasteiger charge is 2.30. The van der Waals surface area contributed by atoms with Gasteiger partial charge in [-0.15, -0.1) is 0 Å². The summed E-state index contributed by atoms with van der Waals surface area (Å²) in [5, 5.41) is 2.99. The average molecular weight is 523 g/mol. The first-order valence-corrected chi connectivity index (χ1v) is 11.5. The molecule has 0 bridgehead atoms. The number of aliphatic imine (C=N–C) groups is 1. The van der Waals surface area contributed by atoms with E-state index in [-0.39, 0.29) is 5.69 Å². The standard InChI is InChI=1S/C25H16F3N5O3S/c1-14-5-6-17(29-11-15-3-2-4-16(9-15)25(26,27)28)10-20(14)36-21-8-7-18-23(32-21)37-24(31-18)33-22(34)19-12-35-13-30-19/h2-13H,1H3,(H,31,33,34). The number of carbonyl (C=O) groups excluding carboxylic acids is 1. The molecule has 5 aromatic rings. The number of ether oxygens (including phenoxy) is 1. The molecule has 0 radical (unpaired) electrons. The molecule has 0 fully saturated rings. The minimum absolute atomic E-state index is 0.127. The zero-order valence-corrected chi connectivity index (χ0v) is 19.8. The Morgan fingerprint density at radius 2 is 2.00 bits per heavy atom. The summed E-state index contributed by atoms with van der Waals surface area (Å²) in [4.78, 5) is 29.6. The number of thiazole rings is 1. The van der Waals surface area contributed by atoms with Crippen LogP contribution in [-0.4, -0.2) is 27.1 Å². The summed E-state index contributed by atoms with van der Waals surface area (Å²) >= 11 is 1.17. The van der Waals surface area contributed by atoms with E-state index in [1.165, 1.54) is 29.9 Å². The average Bonchev–Trinajstić information content (AvgIpc) is 3.54. The smallest absolute Gasteiger partial charge is 0.416 e. The molecular weight excluding hydrogens is 507 g/mol. The molecule has 0 aliphatic rings. The topological polar surface area (TPSA) is 102 Å². The molecule has 0 aliphatic carbocycles. The maximum absolute atomic E-state index is 13.0. The first-order chi connectivity index (χ1) is 17.7. The van der Waals surface area contributed by atoms with E-state index in [9.17, 15) is 18.0 Å². The van der Waals surface area contributed by atoms with Crippen LogP contribution in [0.25, 0.3) is 10.3 Å². The van der Waals surface area contributed by atoms with E-state index in [1.807, 2.05) is 6.92 Å². The van der Waals surface area contributed by atoms with Gasteiger partial charge in [-0.3, -0.25) is 15.1 Å². The normalized spacial score (nSPS) is 11.8. The van der Waals surface area contributed by atoms with Crippen molar-refractivity contribution in [3.63, 3.8) is 0 Å². The van der Waals surface area contributed by atoms with Gasteiger partial charge in [0.2, 0.25) is 5.88 Å². The Morgan fingerprint density at radius 1 is 1.14 bits per heavy atom. The monoisotopic (exact) mass is 523 g/mol. The van der Waals surface area contributed by atoms with Crippen molar-refractivity contribution in [3.8, 4) is 11.6 Å². The van der Waals surface area contributed by atoms with Crippen LogP contribution in [0, 0.1) is 6.92 Å². The predicted octanol–water partition coefficient (Wildman–Crippen LogP) is 6.80. The van der Waals surface area contributed by atoms with Crippen molar-refractivity contribution in [2.75, 3.05) is 5.32 Å². The van der Waals surface area contributed by atoms with Crippen molar-refractivity contribution in [3.05, 3.63) is 89.6 Å². The molecule has 2 aromatic carbocycles. The molecule has 0 aliphatic heterocycles. The summed E-state index contributed by atoms with van der Waals surface area (Å²) in [6.07, 6.45) is -0.677. The van der Waals surface area contributed by atoms with Crippen LogP contribution in [0.4, 0.5) is 24.0 Å². The van der Waals surface area contributed by atoms with Crippen LogP contribution < -0.4 is 10.1 Å². The van der Waals surface area contributed by atoms with Gasteiger partial charge in [0.05, 0.1) is 11.3 Å². The lowest BCUT2D eigenvalue weighted by molar-refractivity contribution is -0.137. The van der Waals surface area contributed by atoms with E-state index >= 15 is 0 Å². The number of aryl methyl sites for hydroxylation is 1. The number of hydrogen-bond donors (Lipinski definition) is 1. The highest BCUT2D eigenvalue weighted by Crippen LogP contribution is 2.32. The van der Waals surface area contributed by atoms with Gasteiger partial charge in [0.25, 0.3) is 5.91 Å². The van der Waals surface area contributed by atoms with Crippen LogP contribution in [0.2, 0.25) is 0 Å². The number of halogens is 3. The quantitative estimate of drug-likeness (QED) is 0.246. The van der Waals surface area contributed by atoms with Gasteiger partial charge < -0.3 is 9.15 Å². The number of nitrogens with one attached hydrogen (secondary N) is 1. The Morgan fingerprint density at radius 3 is 2.78 bits per heavy atom. The Balaban J connectivity index is 1.33. The van der Waals surface area contributed by atoms with Crippen molar-refractivity contribution in [1.29, 1.82) is 0 Å². The van der Waals surface area contributed by atoms with E-state index in [0.29, 0.717) is 38.4 Å². The maximum Gasteiger partial charge on any atom is 0.416 e. The van der Waals surface area contributed by atoms with E-state index in [2.05, 4.69) is 25.3 Å². The van der Waals surface area contributed by atoms with Crippen LogP contribution in [0.3, 0.4) is 0 Å². The molecule has 1 N–H and O–H groups in total. The third-order valence-corrected chi connectivity index (χ3v) is 5.96. The number of oxazole rings is 1. The van der Waals surface area contributed by atoms with Gasteiger partial charge in [0, 0.05) is 18.3 Å². The van der Waals surface area contributed by atoms with Gasteiger partial charge in [-0.05, 0) is 42.3 Å². The molecule has 37 heavy (non-hydrogen) atoms. The second kappa shape index (κ2) is 9.82. The van der Waals surface area contributed by atoms with Gasteiger partial charge in [0.1, 0.15) is 22.4 Å². The van der Waals surface area contributed by atoms with Crippen molar-refractivity contribution < 1.29 is 27.1 Å². The highest BCUT2D eigenvalue weighted by molar-refractivity contribution is 7.22. The van der Waals surface area contributed by atoms with Gasteiger partial charge in [-0.2, -0.15) is 13.2 Å². The zero-order chi connectivity index (χ0) is 26.0. The maximum atomic E-state index is 13.0. The number of rotatable bonds is 6. The molecule has 0 saturated heterocycles. The fourth-order valence-electron chi connectivity index (χ4n) is 3.23. The Labute approximate surface area is 211 Å². The first kappa shape index (κ1) is 24.1. The lowest BCUT2D eigenvalue weighted by Gasteiger charge is -2.09. The fourth-order valence-corrected chi connectivity index (χ4v) is 4.06. The number of anilines is 1. The van der Waals surface area contributed by atoms with Gasteiger partial charge >= 0.3 is 6.18 Å². The number of nitrogens with zero attached hydrogens (tertiary/aromatic N) is 4.